The SMILES string of the molecule is O=C(C=Cc1cnc2c(c1)CCN2S(=O)(=O)c1ccc(/C=C/CC(=O)NO)cc1)NO. The maximum Gasteiger partial charge on any atom is 0.267 e. The fraction of sp³-hybridized carbons (Fsp3) is 0.150. The van der Waals surface area contributed by atoms with Crippen molar-refractivity contribution >= 4 is 39.8 Å². The Morgan fingerprint density at radius 3 is 2.52 bits per heavy atom. The van der Waals surface area contributed by atoms with E-state index in [0.717, 1.165) is 11.6 Å². The number of nitrogens with zero attached hydrogens (tertiary/aromatic N) is 2. The molecule has 0 radical (unpaired) electrons. The van der Waals surface area contributed by atoms with E-state index in [0.29, 0.717) is 23.4 Å². The van der Waals surface area contributed by atoms with Crippen molar-refractivity contribution in [3.8, 4) is 0 Å². The molecule has 0 bridgehead atoms. The largest absolute Gasteiger partial charge is 0.289 e. The lowest BCUT2D eigenvalue weighted by molar-refractivity contribution is -0.128. The number of aromatic nitrogens is 1. The lowest BCUT2D eigenvalue weighted by atomic mass is 10.1. The van der Waals surface area contributed by atoms with Crippen LogP contribution >= 0.6 is 0 Å². The van der Waals surface area contributed by atoms with Gasteiger partial charge in [0, 0.05) is 25.2 Å². The maximum atomic E-state index is 13.1. The van der Waals surface area contributed by atoms with Crippen LogP contribution in [0.15, 0.2) is 53.6 Å². The zero-order valence-corrected chi connectivity index (χ0v) is 17.0. The molecule has 2 heterocycles. The molecule has 0 spiro atoms. The zero-order valence-electron chi connectivity index (χ0n) is 16.2. The first kappa shape index (κ1) is 22.2. The average molecular weight is 444 g/mol. The Morgan fingerprint density at radius 2 is 1.84 bits per heavy atom. The van der Waals surface area contributed by atoms with Gasteiger partial charge in [-0.05, 0) is 47.4 Å². The van der Waals surface area contributed by atoms with Crippen LogP contribution in [0.5, 0.6) is 0 Å². The number of nitrogens with one attached hydrogen (secondary N) is 2. The van der Waals surface area contributed by atoms with E-state index in [4.69, 9.17) is 10.4 Å². The van der Waals surface area contributed by atoms with Gasteiger partial charge in [-0.3, -0.25) is 20.0 Å². The molecule has 1 aromatic carbocycles. The van der Waals surface area contributed by atoms with Crippen LogP contribution in [0.4, 0.5) is 5.82 Å². The summed E-state index contributed by atoms with van der Waals surface area (Å²) in [6.07, 6.45) is 7.71. The number of carbonyl (C=O) groups excluding carboxylic acids is 2. The van der Waals surface area contributed by atoms with Crippen LogP contribution in [-0.2, 0) is 26.0 Å². The van der Waals surface area contributed by atoms with E-state index >= 15 is 0 Å². The standard InChI is InChI=1S/C20H20N4O6S/c25-18(22-27)3-1-2-14-4-7-17(8-5-14)31(29,30)24-11-10-16-12-15(13-21-20(16)24)6-9-19(26)23-28/h1-2,4-9,12-13,27-28H,3,10-11H2,(H,22,25)(H,23,26)/b2-1+,9-6?. The minimum atomic E-state index is -3.81. The van der Waals surface area contributed by atoms with Gasteiger partial charge in [0.05, 0.1) is 4.90 Å². The summed E-state index contributed by atoms with van der Waals surface area (Å²) >= 11 is 0. The molecule has 2 amide bonds. The molecule has 0 atom stereocenters. The highest BCUT2D eigenvalue weighted by Gasteiger charge is 2.32. The van der Waals surface area contributed by atoms with Crippen LogP contribution in [0.3, 0.4) is 0 Å². The topological polar surface area (TPSA) is 149 Å². The zero-order chi connectivity index (χ0) is 22.4. The number of carbonyl (C=O) groups is 2. The van der Waals surface area contributed by atoms with E-state index in [9.17, 15) is 18.0 Å². The summed E-state index contributed by atoms with van der Waals surface area (Å²) in [7, 11) is -3.81. The molecule has 11 heteroatoms. The molecule has 1 aliphatic rings. The Kier molecular flexibility index (Phi) is 6.80. The van der Waals surface area contributed by atoms with E-state index in [1.54, 1.807) is 30.4 Å². The summed E-state index contributed by atoms with van der Waals surface area (Å²) in [5, 5.41) is 17.0. The Labute approximate surface area is 178 Å². The molecule has 2 aromatic rings. The first-order chi connectivity index (χ1) is 14.8. The summed E-state index contributed by atoms with van der Waals surface area (Å²) in [6, 6.07) is 7.93. The normalized spacial score (nSPS) is 13.5. The Balaban J connectivity index is 1.77. The molecule has 1 aliphatic heterocycles. The number of amides is 2. The first-order valence-corrected chi connectivity index (χ1v) is 10.6. The number of hydrogen-bond donors (Lipinski definition) is 4. The predicted octanol–water partition coefficient (Wildman–Crippen LogP) is 1.26. The fourth-order valence-corrected chi connectivity index (χ4v) is 4.48. The highest BCUT2D eigenvalue weighted by molar-refractivity contribution is 7.92. The fourth-order valence-electron chi connectivity index (χ4n) is 3.02. The van der Waals surface area contributed by atoms with Gasteiger partial charge >= 0.3 is 0 Å². The molecule has 0 unspecified atom stereocenters. The molecular weight excluding hydrogens is 424 g/mol. The van der Waals surface area contributed by atoms with Gasteiger partial charge in [0.1, 0.15) is 5.82 Å². The Morgan fingerprint density at radius 1 is 1.10 bits per heavy atom. The van der Waals surface area contributed by atoms with Crippen molar-refractivity contribution in [2.45, 2.75) is 17.7 Å². The third kappa shape index (κ3) is 5.15. The molecule has 3 rings (SSSR count). The van der Waals surface area contributed by atoms with Gasteiger partial charge in [0.25, 0.3) is 15.9 Å². The van der Waals surface area contributed by atoms with Crippen LogP contribution in [-0.4, -0.2) is 42.2 Å². The second kappa shape index (κ2) is 9.51. The van der Waals surface area contributed by atoms with Crippen molar-refractivity contribution in [3.05, 3.63) is 65.4 Å². The monoisotopic (exact) mass is 444 g/mol. The number of hydrogen-bond acceptors (Lipinski definition) is 7. The lowest BCUT2D eigenvalue weighted by Gasteiger charge is -2.18. The summed E-state index contributed by atoms with van der Waals surface area (Å²) in [5.74, 6) is -0.895. The molecule has 0 fully saturated rings. The molecular formula is C20H20N4O6S. The van der Waals surface area contributed by atoms with Gasteiger partial charge in [-0.1, -0.05) is 24.3 Å². The second-order valence-electron chi connectivity index (χ2n) is 6.60. The van der Waals surface area contributed by atoms with Crippen molar-refractivity contribution in [2.75, 3.05) is 10.8 Å². The maximum absolute atomic E-state index is 13.1. The number of sulfonamides is 1. The van der Waals surface area contributed by atoms with Crippen LogP contribution in [0, 0.1) is 0 Å². The molecule has 162 valence electrons. The summed E-state index contributed by atoms with van der Waals surface area (Å²) in [5.41, 5.74) is 5.05. The van der Waals surface area contributed by atoms with Crippen molar-refractivity contribution in [3.63, 3.8) is 0 Å². The molecule has 4 N–H and O–H groups in total. The number of rotatable bonds is 7. The van der Waals surface area contributed by atoms with E-state index < -0.39 is 21.8 Å². The molecule has 0 saturated heterocycles. The van der Waals surface area contributed by atoms with Gasteiger partial charge < -0.3 is 0 Å². The molecule has 10 nitrogen and oxygen atoms in total. The van der Waals surface area contributed by atoms with E-state index in [1.165, 1.54) is 39.7 Å². The summed E-state index contributed by atoms with van der Waals surface area (Å²) in [4.78, 5) is 26.5. The number of benzene rings is 1. The number of anilines is 1. The van der Waals surface area contributed by atoms with E-state index in [2.05, 4.69) is 4.98 Å². The smallest absolute Gasteiger partial charge is 0.267 e. The van der Waals surface area contributed by atoms with Crippen molar-refractivity contribution in [1.29, 1.82) is 0 Å². The van der Waals surface area contributed by atoms with Crippen molar-refractivity contribution < 1.29 is 28.4 Å². The highest BCUT2D eigenvalue weighted by Crippen LogP contribution is 2.31. The van der Waals surface area contributed by atoms with Gasteiger partial charge in [-0.15, -0.1) is 0 Å². The minimum absolute atomic E-state index is 0.00533. The third-order valence-electron chi connectivity index (χ3n) is 4.53. The Bertz CT molecular complexity index is 1140. The quantitative estimate of drug-likeness (QED) is 0.285. The van der Waals surface area contributed by atoms with Gasteiger partial charge in [-0.2, -0.15) is 0 Å². The predicted molar refractivity (Wildman–Crippen MR) is 111 cm³/mol. The third-order valence-corrected chi connectivity index (χ3v) is 6.33. The number of hydroxylamine groups is 2. The van der Waals surface area contributed by atoms with Gasteiger partial charge in [-0.25, -0.2) is 28.7 Å². The second-order valence-corrected chi connectivity index (χ2v) is 8.46. The Hall–Kier alpha value is -3.54. The van der Waals surface area contributed by atoms with E-state index in [-0.39, 0.29) is 17.9 Å². The van der Waals surface area contributed by atoms with E-state index in [1.807, 2.05) is 0 Å². The van der Waals surface area contributed by atoms with Gasteiger partial charge in [0.2, 0.25) is 5.91 Å². The van der Waals surface area contributed by atoms with Gasteiger partial charge in [0.15, 0.2) is 0 Å². The summed E-state index contributed by atoms with van der Waals surface area (Å²) < 4.78 is 27.4. The molecule has 31 heavy (non-hydrogen) atoms. The first-order valence-electron chi connectivity index (χ1n) is 9.18. The number of fused-ring (bicyclic) bond motifs is 1. The summed E-state index contributed by atoms with van der Waals surface area (Å²) in [6.45, 7) is 0.243. The lowest BCUT2D eigenvalue weighted by Crippen LogP contribution is -2.29. The minimum Gasteiger partial charge on any atom is -0.289 e. The number of pyridine rings is 1. The van der Waals surface area contributed by atoms with Crippen LogP contribution in [0.1, 0.15) is 23.1 Å². The highest BCUT2D eigenvalue weighted by atomic mass is 32.2. The van der Waals surface area contributed by atoms with Crippen LogP contribution < -0.4 is 15.3 Å². The van der Waals surface area contributed by atoms with Crippen molar-refractivity contribution in [1.82, 2.24) is 15.9 Å². The van der Waals surface area contributed by atoms with Crippen LogP contribution in [0.25, 0.3) is 12.2 Å². The average Bonchev–Trinajstić information content (AvgIpc) is 3.21. The van der Waals surface area contributed by atoms with Crippen LogP contribution in [0.2, 0.25) is 0 Å². The van der Waals surface area contributed by atoms with Crippen molar-refractivity contribution in [2.24, 2.45) is 0 Å². The molecule has 0 aliphatic carbocycles. The molecule has 1 aromatic heterocycles. The molecule has 0 saturated carbocycles.